The molecule has 2 aromatic rings. The van der Waals surface area contributed by atoms with Crippen molar-refractivity contribution in [3.8, 4) is 0 Å². The first kappa shape index (κ1) is 13.7. The van der Waals surface area contributed by atoms with Crippen LogP contribution in [0.1, 0.15) is 21.7 Å². The fraction of sp³-hybridized carbons (Fsp3) is 0.167. The summed E-state index contributed by atoms with van der Waals surface area (Å²) in [7, 11) is 0. The van der Waals surface area contributed by atoms with Gasteiger partial charge >= 0.3 is 5.97 Å². The number of nitro benzene ring substituents is 1. The number of carboxylic acids is 1. The third-order valence-corrected chi connectivity index (χ3v) is 2.65. The van der Waals surface area contributed by atoms with Crippen LogP contribution in [0, 0.1) is 10.1 Å². The van der Waals surface area contributed by atoms with Crippen molar-refractivity contribution in [2.75, 3.05) is 0 Å². The Hall–Kier alpha value is -2.74. The molecule has 0 aliphatic heterocycles. The molecule has 0 atom stereocenters. The van der Waals surface area contributed by atoms with Crippen LogP contribution < -0.4 is 5.32 Å². The number of nitrogens with one attached hydrogen (secondary N) is 1. The van der Waals surface area contributed by atoms with Gasteiger partial charge in [0.05, 0.1) is 17.7 Å². The molecule has 104 valence electrons. The molecule has 8 nitrogen and oxygen atoms in total. The van der Waals surface area contributed by atoms with Crippen molar-refractivity contribution < 1.29 is 19.3 Å². The van der Waals surface area contributed by atoms with E-state index in [0.717, 1.165) is 0 Å². The van der Waals surface area contributed by atoms with Crippen LogP contribution in [0.25, 0.3) is 0 Å². The average molecular weight is 277 g/mol. The van der Waals surface area contributed by atoms with Crippen LogP contribution in [0.4, 0.5) is 5.69 Å². The highest BCUT2D eigenvalue weighted by atomic mass is 16.6. The van der Waals surface area contributed by atoms with Crippen LogP contribution in [-0.4, -0.2) is 21.2 Å². The number of carbonyl (C=O) groups is 1. The molecule has 8 heteroatoms. The summed E-state index contributed by atoms with van der Waals surface area (Å²) in [5, 5.41) is 26.4. The van der Waals surface area contributed by atoms with Crippen LogP contribution in [-0.2, 0) is 13.1 Å². The number of carboxylic acid groups (broad SMARTS) is 1. The van der Waals surface area contributed by atoms with Crippen molar-refractivity contribution in [2.24, 2.45) is 0 Å². The van der Waals surface area contributed by atoms with Gasteiger partial charge in [0.15, 0.2) is 0 Å². The number of aromatic carboxylic acids is 1. The molecule has 1 aromatic carbocycles. The molecular formula is C12H11N3O5. The Kier molecular flexibility index (Phi) is 4.06. The summed E-state index contributed by atoms with van der Waals surface area (Å²) in [4.78, 5) is 21.3. The fourth-order valence-corrected chi connectivity index (χ4v) is 1.79. The van der Waals surface area contributed by atoms with Crippen molar-refractivity contribution in [1.29, 1.82) is 0 Å². The molecule has 20 heavy (non-hydrogen) atoms. The molecule has 2 N–H and O–H groups in total. The summed E-state index contributed by atoms with van der Waals surface area (Å²) >= 11 is 0. The smallest absolute Gasteiger partial charge is 0.343 e. The van der Waals surface area contributed by atoms with Crippen LogP contribution in [0.5, 0.6) is 0 Å². The topological polar surface area (TPSA) is 118 Å². The summed E-state index contributed by atoms with van der Waals surface area (Å²) in [6, 6.07) is 5.82. The molecule has 0 amide bonds. The van der Waals surface area contributed by atoms with Crippen LogP contribution in [0.15, 0.2) is 35.0 Å². The minimum Gasteiger partial charge on any atom is -0.477 e. The molecule has 0 saturated heterocycles. The molecule has 0 aliphatic carbocycles. The fourth-order valence-electron chi connectivity index (χ4n) is 1.79. The lowest BCUT2D eigenvalue weighted by Gasteiger charge is -2.07. The van der Waals surface area contributed by atoms with Gasteiger partial charge in [-0.2, -0.15) is 0 Å². The molecule has 1 heterocycles. The highest BCUT2D eigenvalue weighted by Gasteiger charge is 2.22. The third kappa shape index (κ3) is 2.98. The molecule has 2 rings (SSSR count). The highest BCUT2D eigenvalue weighted by molar-refractivity contribution is 5.94. The van der Waals surface area contributed by atoms with E-state index in [-0.39, 0.29) is 12.1 Å². The minimum atomic E-state index is -1.33. The second kappa shape index (κ2) is 5.93. The molecular weight excluding hydrogens is 266 g/mol. The van der Waals surface area contributed by atoms with Crippen LogP contribution >= 0.6 is 0 Å². The number of aromatic nitrogens is 1. The van der Waals surface area contributed by atoms with E-state index in [1.165, 1.54) is 24.4 Å². The summed E-state index contributed by atoms with van der Waals surface area (Å²) in [6.07, 6.45) is 1.49. The van der Waals surface area contributed by atoms with Gasteiger partial charge in [0.2, 0.25) is 0 Å². The minimum absolute atomic E-state index is 0.171. The standard InChI is InChI=1S/C12H11N3O5/c16-12(17)11-8(2-1-3-10(11)15(18)19)6-13-7-9-4-5-14-20-9/h1-5,13H,6-7H2,(H,16,17). The first-order chi connectivity index (χ1) is 9.59. The van der Waals surface area contributed by atoms with E-state index >= 15 is 0 Å². The lowest BCUT2D eigenvalue weighted by atomic mass is 10.1. The second-order valence-corrected chi connectivity index (χ2v) is 3.96. The van der Waals surface area contributed by atoms with E-state index in [4.69, 9.17) is 9.63 Å². The zero-order chi connectivity index (χ0) is 14.5. The van der Waals surface area contributed by atoms with Gasteiger partial charge in [0, 0.05) is 18.7 Å². The average Bonchev–Trinajstić information content (AvgIpc) is 2.91. The largest absolute Gasteiger partial charge is 0.477 e. The maximum atomic E-state index is 11.2. The Labute approximate surface area is 113 Å². The zero-order valence-corrected chi connectivity index (χ0v) is 10.3. The molecule has 0 saturated carbocycles. The van der Waals surface area contributed by atoms with Crippen molar-refractivity contribution in [1.82, 2.24) is 10.5 Å². The Morgan fingerprint density at radius 2 is 2.20 bits per heavy atom. The maximum absolute atomic E-state index is 11.2. The Morgan fingerprint density at radius 1 is 1.40 bits per heavy atom. The lowest BCUT2D eigenvalue weighted by Crippen LogP contribution is -2.16. The van der Waals surface area contributed by atoms with Gasteiger partial charge in [-0.05, 0) is 5.56 Å². The van der Waals surface area contributed by atoms with E-state index in [0.29, 0.717) is 17.9 Å². The van der Waals surface area contributed by atoms with E-state index in [2.05, 4.69) is 10.5 Å². The molecule has 0 fully saturated rings. The molecule has 0 spiro atoms. The highest BCUT2D eigenvalue weighted by Crippen LogP contribution is 2.22. The second-order valence-electron chi connectivity index (χ2n) is 3.96. The van der Waals surface area contributed by atoms with Crippen LogP contribution in [0.3, 0.4) is 0 Å². The molecule has 0 bridgehead atoms. The van der Waals surface area contributed by atoms with Gasteiger partial charge in [-0.3, -0.25) is 10.1 Å². The van der Waals surface area contributed by atoms with Crippen LogP contribution in [0.2, 0.25) is 0 Å². The van der Waals surface area contributed by atoms with Gasteiger partial charge in [0.1, 0.15) is 11.3 Å². The summed E-state index contributed by atoms with van der Waals surface area (Å²) in [5.41, 5.74) is -0.384. The van der Waals surface area contributed by atoms with Crippen molar-refractivity contribution in [3.63, 3.8) is 0 Å². The number of nitrogens with zero attached hydrogens (tertiary/aromatic N) is 2. The van der Waals surface area contributed by atoms with Crippen molar-refractivity contribution >= 4 is 11.7 Å². The maximum Gasteiger partial charge on any atom is 0.343 e. The summed E-state index contributed by atoms with van der Waals surface area (Å²) in [6.45, 7) is 0.520. The van der Waals surface area contributed by atoms with E-state index in [1.807, 2.05) is 0 Å². The predicted molar refractivity (Wildman–Crippen MR) is 67.1 cm³/mol. The van der Waals surface area contributed by atoms with E-state index < -0.39 is 16.6 Å². The first-order valence-electron chi connectivity index (χ1n) is 5.69. The number of rotatable bonds is 6. The third-order valence-electron chi connectivity index (χ3n) is 2.65. The van der Waals surface area contributed by atoms with E-state index in [9.17, 15) is 14.9 Å². The molecule has 0 radical (unpaired) electrons. The normalized spacial score (nSPS) is 10.4. The zero-order valence-electron chi connectivity index (χ0n) is 10.3. The predicted octanol–water partition coefficient (Wildman–Crippen LogP) is 1.57. The molecule has 0 unspecified atom stereocenters. The molecule has 0 aliphatic rings. The van der Waals surface area contributed by atoms with Gasteiger partial charge in [0.25, 0.3) is 5.69 Å². The quantitative estimate of drug-likeness (QED) is 0.607. The molecule has 1 aromatic heterocycles. The van der Waals surface area contributed by atoms with Gasteiger partial charge in [-0.15, -0.1) is 0 Å². The Morgan fingerprint density at radius 3 is 2.80 bits per heavy atom. The van der Waals surface area contributed by atoms with Crippen molar-refractivity contribution in [2.45, 2.75) is 13.1 Å². The number of benzene rings is 1. The number of hydrogen-bond donors (Lipinski definition) is 2. The number of nitro groups is 1. The monoisotopic (exact) mass is 277 g/mol. The Balaban J connectivity index is 2.16. The first-order valence-corrected chi connectivity index (χ1v) is 5.69. The summed E-state index contributed by atoms with van der Waals surface area (Å²) < 4.78 is 4.87. The van der Waals surface area contributed by atoms with Gasteiger partial charge < -0.3 is 14.9 Å². The van der Waals surface area contributed by atoms with Crippen molar-refractivity contribution in [3.05, 3.63) is 57.5 Å². The van der Waals surface area contributed by atoms with E-state index in [1.54, 1.807) is 6.07 Å². The lowest BCUT2D eigenvalue weighted by molar-refractivity contribution is -0.385. The van der Waals surface area contributed by atoms with Gasteiger partial charge in [-0.1, -0.05) is 17.3 Å². The summed E-state index contributed by atoms with van der Waals surface area (Å²) in [5.74, 6) is -0.735. The SMILES string of the molecule is O=C(O)c1c(CNCc2ccno2)cccc1[N+](=O)[O-]. The number of hydrogen-bond acceptors (Lipinski definition) is 6. The van der Waals surface area contributed by atoms with Gasteiger partial charge in [-0.25, -0.2) is 4.79 Å². The Bertz CT molecular complexity index is 624.